The van der Waals surface area contributed by atoms with Gasteiger partial charge in [0.25, 0.3) is 0 Å². The summed E-state index contributed by atoms with van der Waals surface area (Å²) in [6, 6.07) is 13.2. The molecule has 2 aromatic rings. The summed E-state index contributed by atoms with van der Waals surface area (Å²) in [7, 11) is 1.03. The van der Waals surface area contributed by atoms with Gasteiger partial charge in [0.2, 0.25) is 0 Å². The first-order chi connectivity index (χ1) is 8.18. The van der Waals surface area contributed by atoms with E-state index in [-0.39, 0.29) is 0 Å². The summed E-state index contributed by atoms with van der Waals surface area (Å²) < 4.78 is 0. The molecule has 0 fully saturated rings. The molecule has 2 aromatic carbocycles. The Morgan fingerprint density at radius 3 is 2.53 bits per heavy atom. The molecule has 84 valence electrons. The number of thiol groups is 1. The Bertz CT molecular complexity index is 587. The summed E-state index contributed by atoms with van der Waals surface area (Å²) in [5, 5.41) is 0. The normalized spacial score (nSPS) is 12.2. The van der Waals surface area contributed by atoms with Crippen LogP contribution in [-0.4, -0.2) is 7.28 Å². The standard InChI is InChI=1S/C15H15BS/c1-9(2)10-7-8-12-11-5-3-4-6-13(11)16-14(12)15(10)17/h3-9,16-17H,1-2H3. The minimum atomic E-state index is 0.538. The summed E-state index contributed by atoms with van der Waals surface area (Å²) in [5.41, 5.74) is 6.95. The molecule has 0 saturated carbocycles. The zero-order chi connectivity index (χ0) is 12.0. The number of benzene rings is 2. The van der Waals surface area contributed by atoms with E-state index < -0.39 is 0 Å². The summed E-state index contributed by atoms with van der Waals surface area (Å²) in [6.07, 6.45) is 0. The molecule has 0 radical (unpaired) electrons. The van der Waals surface area contributed by atoms with Crippen molar-refractivity contribution in [3.63, 3.8) is 0 Å². The Labute approximate surface area is 109 Å². The van der Waals surface area contributed by atoms with Gasteiger partial charge in [-0.25, -0.2) is 0 Å². The predicted molar refractivity (Wildman–Crippen MR) is 79.6 cm³/mol. The zero-order valence-corrected chi connectivity index (χ0v) is 11.1. The van der Waals surface area contributed by atoms with Crippen LogP contribution in [0.3, 0.4) is 0 Å². The van der Waals surface area contributed by atoms with Crippen LogP contribution in [0.4, 0.5) is 0 Å². The van der Waals surface area contributed by atoms with Crippen LogP contribution in [0.5, 0.6) is 0 Å². The van der Waals surface area contributed by atoms with E-state index in [4.69, 9.17) is 12.6 Å². The first-order valence-electron chi connectivity index (χ1n) is 6.11. The molecule has 0 amide bonds. The Balaban J connectivity index is 2.22. The average molecular weight is 238 g/mol. The van der Waals surface area contributed by atoms with Crippen LogP contribution >= 0.6 is 12.6 Å². The fourth-order valence-corrected chi connectivity index (χ4v) is 3.21. The predicted octanol–water partition coefficient (Wildman–Crippen LogP) is 2.47. The second kappa shape index (κ2) is 3.95. The van der Waals surface area contributed by atoms with E-state index >= 15 is 0 Å². The topological polar surface area (TPSA) is 0 Å². The van der Waals surface area contributed by atoms with E-state index in [2.05, 4.69) is 50.2 Å². The van der Waals surface area contributed by atoms with Crippen molar-refractivity contribution in [2.45, 2.75) is 24.7 Å². The molecule has 0 aliphatic carbocycles. The molecule has 1 heterocycles. The van der Waals surface area contributed by atoms with Gasteiger partial charge in [0.05, 0.1) is 0 Å². The van der Waals surface area contributed by atoms with Crippen LogP contribution < -0.4 is 10.9 Å². The lowest BCUT2D eigenvalue weighted by Crippen LogP contribution is -2.23. The van der Waals surface area contributed by atoms with Crippen molar-refractivity contribution in [3.05, 3.63) is 42.0 Å². The molecule has 0 atom stereocenters. The molecule has 17 heavy (non-hydrogen) atoms. The van der Waals surface area contributed by atoms with Gasteiger partial charge in [-0.15, -0.1) is 12.6 Å². The van der Waals surface area contributed by atoms with Crippen molar-refractivity contribution < 1.29 is 0 Å². The number of fused-ring (bicyclic) bond motifs is 3. The number of rotatable bonds is 1. The molecule has 0 saturated heterocycles. The van der Waals surface area contributed by atoms with Crippen LogP contribution in [0.2, 0.25) is 0 Å². The van der Waals surface area contributed by atoms with Gasteiger partial charge >= 0.3 is 0 Å². The van der Waals surface area contributed by atoms with Crippen molar-refractivity contribution >= 4 is 30.8 Å². The highest BCUT2D eigenvalue weighted by atomic mass is 32.1. The molecule has 2 heteroatoms. The van der Waals surface area contributed by atoms with Gasteiger partial charge in [-0.05, 0) is 22.6 Å². The lowest BCUT2D eigenvalue weighted by atomic mass is 9.67. The van der Waals surface area contributed by atoms with E-state index in [9.17, 15) is 0 Å². The van der Waals surface area contributed by atoms with Gasteiger partial charge in [-0.2, -0.15) is 0 Å². The van der Waals surface area contributed by atoms with Gasteiger partial charge in [-0.3, -0.25) is 0 Å². The van der Waals surface area contributed by atoms with Crippen LogP contribution in [-0.2, 0) is 0 Å². The van der Waals surface area contributed by atoms with Gasteiger partial charge in [-0.1, -0.05) is 61.2 Å². The van der Waals surface area contributed by atoms with Crippen molar-refractivity contribution in [1.29, 1.82) is 0 Å². The van der Waals surface area contributed by atoms with Crippen LogP contribution in [0.25, 0.3) is 11.1 Å². The number of hydrogen-bond donors (Lipinski definition) is 1. The molecule has 1 aliphatic rings. The highest BCUT2D eigenvalue weighted by Crippen LogP contribution is 2.28. The van der Waals surface area contributed by atoms with E-state index in [1.54, 1.807) is 0 Å². The van der Waals surface area contributed by atoms with Crippen LogP contribution in [0.15, 0.2) is 41.3 Å². The van der Waals surface area contributed by atoms with Gasteiger partial charge in [0.1, 0.15) is 0 Å². The fraction of sp³-hybridized carbons (Fsp3) is 0.200. The van der Waals surface area contributed by atoms with Crippen molar-refractivity contribution in [3.8, 4) is 11.1 Å². The lowest BCUT2D eigenvalue weighted by molar-refractivity contribution is 0.846. The minimum Gasteiger partial charge on any atom is -0.144 e. The fourth-order valence-electron chi connectivity index (χ4n) is 2.68. The Hall–Kier alpha value is -1.15. The third kappa shape index (κ3) is 1.63. The number of hydrogen-bond acceptors (Lipinski definition) is 1. The lowest BCUT2D eigenvalue weighted by Gasteiger charge is -2.13. The molecule has 0 N–H and O–H groups in total. The highest BCUT2D eigenvalue weighted by Gasteiger charge is 2.22. The van der Waals surface area contributed by atoms with Gasteiger partial charge in [0.15, 0.2) is 7.28 Å². The van der Waals surface area contributed by atoms with Crippen LogP contribution in [0.1, 0.15) is 25.3 Å². The molecule has 0 nitrogen and oxygen atoms in total. The maximum absolute atomic E-state index is 4.74. The first kappa shape index (κ1) is 11.0. The molecule has 0 unspecified atom stereocenters. The Morgan fingerprint density at radius 2 is 1.76 bits per heavy atom. The van der Waals surface area contributed by atoms with Crippen molar-refractivity contribution in [2.75, 3.05) is 0 Å². The second-order valence-electron chi connectivity index (χ2n) is 5.02. The maximum atomic E-state index is 4.74. The summed E-state index contributed by atoms with van der Waals surface area (Å²) in [4.78, 5) is 1.19. The molecule has 1 aliphatic heterocycles. The zero-order valence-electron chi connectivity index (χ0n) is 10.2. The molecular weight excluding hydrogens is 223 g/mol. The van der Waals surface area contributed by atoms with E-state index in [0.29, 0.717) is 5.92 Å². The monoisotopic (exact) mass is 238 g/mol. The average Bonchev–Trinajstić information content (AvgIpc) is 2.69. The highest BCUT2D eigenvalue weighted by molar-refractivity contribution is 7.80. The van der Waals surface area contributed by atoms with Crippen molar-refractivity contribution in [2.24, 2.45) is 0 Å². The summed E-state index contributed by atoms with van der Waals surface area (Å²) in [5.74, 6) is 0.538. The quantitative estimate of drug-likeness (QED) is 0.488. The molecule has 0 aromatic heterocycles. The Morgan fingerprint density at radius 1 is 1.00 bits per heavy atom. The summed E-state index contributed by atoms with van der Waals surface area (Å²) >= 11 is 4.74. The van der Waals surface area contributed by atoms with E-state index in [1.807, 2.05) is 0 Å². The van der Waals surface area contributed by atoms with Crippen LogP contribution in [0, 0.1) is 0 Å². The molecule has 3 rings (SSSR count). The van der Waals surface area contributed by atoms with Gasteiger partial charge in [0, 0.05) is 4.90 Å². The largest absolute Gasteiger partial charge is 0.195 e. The SMILES string of the molecule is CC(C)c1ccc2c(c1S)Bc1ccccc1-2. The smallest absolute Gasteiger partial charge is 0.144 e. The molecule has 0 bridgehead atoms. The summed E-state index contributed by atoms with van der Waals surface area (Å²) in [6.45, 7) is 4.45. The first-order valence-corrected chi connectivity index (χ1v) is 6.56. The minimum absolute atomic E-state index is 0.538. The third-order valence-corrected chi connectivity index (χ3v) is 4.14. The maximum Gasteiger partial charge on any atom is 0.195 e. The molecule has 0 spiro atoms. The third-order valence-electron chi connectivity index (χ3n) is 3.61. The second-order valence-corrected chi connectivity index (χ2v) is 5.47. The van der Waals surface area contributed by atoms with Gasteiger partial charge < -0.3 is 0 Å². The van der Waals surface area contributed by atoms with Crippen molar-refractivity contribution in [1.82, 2.24) is 0 Å². The van der Waals surface area contributed by atoms with E-state index in [0.717, 1.165) is 7.28 Å². The molecular formula is C15H15BS. The van der Waals surface area contributed by atoms with E-state index in [1.165, 1.54) is 32.5 Å². The Kier molecular flexibility index (Phi) is 2.55.